The molecule has 1 aromatic carbocycles. The Bertz CT molecular complexity index is 407. The van der Waals surface area contributed by atoms with Gasteiger partial charge in [-0.05, 0) is 26.2 Å². The van der Waals surface area contributed by atoms with Gasteiger partial charge in [-0.2, -0.15) is 0 Å². The normalized spacial score (nSPS) is 10.5. The number of amides is 1. The molecule has 0 unspecified atom stereocenters. The molecule has 1 amide bonds. The summed E-state index contributed by atoms with van der Waals surface area (Å²) < 4.78 is 5.50. The number of hydrogen-bond donors (Lipinski definition) is 1. The van der Waals surface area contributed by atoms with Crippen molar-refractivity contribution in [3.63, 3.8) is 0 Å². The van der Waals surface area contributed by atoms with E-state index < -0.39 is 0 Å². The maximum Gasteiger partial charge on any atom is 0.225 e. The van der Waals surface area contributed by atoms with Gasteiger partial charge in [0.1, 0.15) is 5.75 Å². The van der Waals surface area contributed by atoms with Gasteiger partial charge in [0.05, 0.1) is 13.0 Å². The van der Waals surface area contributed by atoms with Gasteiger partial charge in [0.25, 0.3) is 0 Å². The monoisotopic (exact) mass is 265 g/mol. The molecule has 19 heavy (non-hydrogen) atoms. The number of carbonyl (C=O) groups is 1. The highest BCUT2D eigenvalue weighted by Crippen LogP contribution is 2.14. The first-order valence-electron chi connectivity index (χ1n) is 6.36. The molecule has 0 aliphatic carbocycles. The number of ether oxygens (including phenoxy) is 1. The molecule has 0 fully saturated rings. The van der Waals surface area contributed by atoms with Gasteiger partial charge in [0, 0.05) is 31.9 Å². The van der Waals surface area contributed by atoms with Crippen LogP contribution in [0.2, 0.25) is 0 Å². The Morgan fingerprint density at radius 2 is 2.00 bits per heavy atom. The predicted octanol–water partition coefficient (Wildman–Crippen LogP) is 1.06. The summed E-state index contributed by atoms with van der Waals surface area (Å²) in [4.78, 5) is 15.6. The maximum atomic E-state index is 11.8. The van der Waals surface area contributed by atoms with E-state index in [-0.39, 0.29) is 5.91 Å². The van der Waals surface area contributed by atoms with E-state index in [4.69, 9.17) is 10.5 Å². The Hall–Kier alpha value is -1.75. The van der Waals surface area contributed by atoms with Crippen LogP contribution in [0, 0.1) is 0 Å². The molecule has 0 saturated heterocycles. The number of benzene rings is 1. The minimum atomic E-state index is 0.0887. The Balaban J connectivity index is 2.26. The largest absolute Gasteiger partial charge is 0.493 e. The average molecular weight is 265 g/mol. The van der Waals surface area contributed by atoms with E-state index in [9.17, 15) is 4.79 Å². The highest BCUT2D eigenvalue weighted by Gasteiger charge is 2.08. The van der Waals surface area contributed by atoms with Gasteiger partial charge >= 0.3 is 0 Å². The highest BCUT2D eigenvalue weighted by atomic mass is 16.5. The predicted molar refractivity (Wildman–Crippen MR) is 77.2 cm³/mol. The summed E-state index contributed by atoms with van der Waals surface area (Å²) in [6, 6.07) is 7.21. The minimum Gasteiger partial charge on any atom is -0.493 e. The number of hydrogen-bond acceptors (Lipinski definition) is 4. The number of carbonyl (C=O) groups excluding carboxylic acids is 1. The van der Waals surface area contributed by atoms with Crippen LogP contribution in [0.1, 0.15) is 6.42 Å². The van der Waals surface area contributed by atoms with Crippen molar-refractivity contribution >= 4 is 11.6 Å². The lowest BCUT2D eigenvalue weighted by molar-refractivity contribution is -0.130. The van der Waals surface area contributed by atoms with Crippen molar-refractivity contribution in [3.05, 3.63) is 24.3 Å². The van der Waals surface area contributed by atoms with Crippen LogP contribution in [0.5, 0.6) is 5.75 Å². The van der Waals surface area contributed by atoms with Gasteiger partial charge < -0.3 is 20.3 Å². The second-order valence-corrected chi connectivity index (χ2v) is 4.79. The lowest BCUT2D eigenvalue weighted by Crippen LogP contribution is -2.34. The van der Waals surface area contributed by atoms with Gasteiger partial charge in [-0.15, -0.1) is 0 Å². The molecule has 0 aliphatic rings. The SMILES string of the molecule is CN(C)CCN(C)C(=O)CCOc1cccc(N)c1. The molecule has 0 bridgehead atoms. The first-order chi connectivity index (χ1) is 8.99. The van der Waals surface area contributed by atoms with Crippen molar-refractivity contribution in [2.24, 2.45) is 0 Å². The van der Waals surface area contributed by atoms with E-state index in [1.54, 1.807) is 17.0 Å². The molecule has 2 N–H and O–H groups in total. The molecule has 0 aliphatic heterocycles. The summed E-state index contributed by atoms with van der Waals surface area (Å²) in [5, 5.41) is 0. The topological polar surface area (TPSA) is 58.8 Å². The third-order valence-electron chi connectivity index (χ3n) is 2.75. The number of likely N-dealkylation sites (N-methyl/N-ethyl adjacent to an activating group) is 2. The minimum absolute atomic E-state index is 0.0887. The molecule has 5 heteroatoms. The second-order valence-electron chi connectivity index (χ2n) is 4.79. The van der Waals surface area contributed by atoms with Gasteiger partial charge in [-0.25, -0.2) is 0 Å². The van der Waals surface area contributed by atoms with Crippen LogP contribution >= 0.6 is 0 Å². The fourth-order valence-electron chi connectivity index (χ4n) is 1.53. The van der Waals surface area contributed by atoms with Gasteiger partial charge in [-0.1, -0.05) is 6.07 Å². The van der Waals surface area contributed by atoms with Crippen molar-refractivity contribution in [2.75, 3.05) is 46.6 Å². The Labute approximate surface area is 114 Å². The molecular weight excluding hydrogens is 242 g/mol. The van der Waals surface area contributed by atoms with Crippen molar-refractivity contribution in [3.8, 4) is 5.75 Å². The first kappa shape index (κ1) is 15.3. The van der Waals surface area contributed by atoms with Crippen LogP contribution in [-0.4, -0.2) is 56.5 Å². The van der Waals surface area contributed by atoms with Crippen molar-refractivity contribution in [1.82, 2.24) is 9.80 Å². The number of nitrogens with two attached hydrogens (primary N) is 1. The fourth-order valence-corrected chi connectivity index (χ4v) is 1.53. The second kappa shape index (κ2) is 7.63. The van der Waals surface area contributed by atoms with E-state index in [1.807, 2.05) is 38.2 Å². The quantitative estimate of drug-likeness (QED) is 0.749. The van der Waals surface area contributed by atoms with Gasteiger partial charge in [-0.3, -0.25) is 4.79 Å². The zero-order chi connectivity index (χ0) is 14.3. The van der Waals surface area contributed by atoms with Crippen LogP contribution in [0.15, 0.2) is 24.3 Å². The maximum absolute atomic E-state index is 11.8. The molecule has 0 aromatic heterocycles. The molecule has 0 spiro atoms. The van der Waals surface area contributed by atoms with Gasteiger partial charge in [0.15, 0.2) is 0 Å². The number of nitrogens with zero attached hydrogens (tertiary/aromatic N) is 2. The Morgan fingerprint density at radius 3 is 2.63 bits per heavy atom. The molecule has 1 aromatic rings. The summed E-state index contributed by atoms with van der Waals surface area (Å²) in [5.74, 6) is 0.787. The van der Waals surface area contributed by atoms with Crippen molar-refractivity contribution < 1.29 is 9.53 Å². The molecule has 0 heterocycles. The third-order valence-corrected chi connectivity index (χ3v) is 2.75. The third kappa shape index (κ3) is 6.10. The van der Waals surface area contributed by atoms with Crippen LogP contribution in [-0.2, 0) is 4.79 Å². The van der Waals surface area contributed by atoms with E-state index in [2.05, 4.69) is 0 Å². The van der Waals surface area contributed by atoms with E-state index in [0.29, 0.717) is 24.5 Å². The Kier molecular flexibility index (Phi) is 6.15. The lowest BCUT2D eigenvalue weighted by atomic mass is 10.3. The van der Waals surface area contributed by atoms with Crippen molar-refractivity contribution in [2.45, 2.75) is 6.42 Å². The average Bonchev–Trinajstić information content (AvgIpc) is 2.35. The van der Waals surface area contributed by atoms with E-state index in [0.717, 1.165) is 13.1 Å². The Morgan fingerprint density at radius 1 is 1.26 bits per heavy atom. The van der Waals surface area contributed by atoms with Gasteiger partial charge in [0.2, 0.25) is 5.91 Å². The van der Waals surface area contributed by atoms with E-state index in [1.165, 1.54) is 0 Å². The molecule has 0 atom stereocenters. The smallest absolute Gasteiger partial charge is 0.225 e. The highest BCUT2D eigenvalue weighted by molar-refractivity contribution is 5.76. The summed E-state index contributed by atoms with van der Waals surface area (Å²) >= 11 is 0. The molecule has 5 nitrogen and oxygen atoms in total. The standard InChI is InChI=1S/C14H23N3O2/c1-16(2)8-9-17(3)14(18)7-10-19-13-6-4-5-12(15)11-13/h4-6,11H,7-10,15H2,1-3H3. The molecule has 1 rings (SSSR count). The number of anilines is 1. The van der Waals surface area contributed by atoms with Crippen LogP contribution < -0.4 is 10.5 Å². The molecule has 106 valence electrons. The zero-order valence-corrected chi connectivity index (χ0v) is 11.9. The van der Waals surface area contributed by atoms with Crippen LogP contribution in [0.25, 0.3) is 0 Å². The van der Waals surface area contributed by atoms with Crippen molar-refractivity contribution in [1.29, 1.82) is 0 Å². The lowest BCUT2D eigenvalue weighted by Gasteiger charge is -2.19. The zero-order valence-electron chi connectivity index (χ0n) is 11.9. The van der Waals surface area contributed by atoms with Crippen LogP contribution in [0.3, 0.4) is 0 Å². The first-order valence-corrected chi connectivity index (χ1v) is 6.36. The molecular formula is C14H23N3O2. The fraction of sp³-hybridized carbons (Fsp3) is 0.500. The molecule has 0 radical (unpaired) electrons. The molecule has 0 saturated carbocycles. The van der Waals surface area contributed by atoms with E-state index >= 15 is 0 Å². The summed E-state index contributed by atoms with van der Waals surface area (Å²) in [5.41, 5.74) is 6.31. The summed E-state index contributed by atoms with van der Waals surface area (Å²) in [6.07, 6.45) is 0.374. The summed E-state index contributed by atoms with van der Waals surface area (Å²) in [7, 11) is 5.79. The number of rotatable bonds is 7. The summed E-state index contributed by atoms with van der Waals surface area (Å²) in [6.45, 7) is 1.96. The van der Waals surface area contributed by atoms with Crippen LogP contribution in [0.4, 0.5) is 5.69 Å². The number of nitrogen functional groups attached to an aromatic ring is 1.